The van der Waals surface area contributed by atoms with E-state index in [-0.39, 0.29) is 22.9 Å². The molecule has 1 amide bonds. The molecule has 1 aliphatic rings. The van der Waals surface area contributed by atoms with Gasteiger partial charge in [0.2, 0.25) is 10.0 Å². The van der Waals surface area contributed by atoms with Crippen molar-refractivity contribution in [2.45, 2.75) is 50.6 Å². The number of aryl methyl sites for hydroxylation is 1. The zero-order valence-corrected chi connectivity index (χ0v) is 17.3. The van der Waals surface area contributed by atoms with Crippen LogP contribution in [0.25, 0.3) is 11.0 Å². The first-order valence-corrected chi connectivity index (χ1v) is 11.0. The Kier molecular flexibility index (Phi) is 4.87. The van der Waals surface area contributed by atoms with Gasteiger partial charge >= 0.3 is 0 Å². The summed E-state index contributed by atoms with van der Waals surface area (Å²) in [5.74, 6) is -0.386. The maximum absolute atomic E-state index is 12.8. The molecule has 152 valence electrons. The Morgan fingerprint density at radius 3 is 2.66 bits per heavy atom. The molecular weight excluding hydrogens is 390 g/mol. The fraction of sp³-hybridized carbons (Fsp3) is 0.350. The van der Waals surface area contributed by atoms with E-state index in [0.29, 0.717) is 16.8 Å². The maximum atomic E-state index is 12.8. The van der Waals surface area contributed by atoms with Gasteiger partial charge in [0.25, 0.3) is 5.91 Å². The Labute approximate surface area is 169 Å². The average Bonchev–Trinajstić information content (AvgIpc) is 3.35. The van der Waals surface area contributed by atoms with E-state index >= 15 is 0 Å². The van der Waals surface area contributed by atoms with Gasteiger partial charge in [-0.2, -0.15) is 5.10 Å². The number of sulfonamides is 1. The lowest BCUT2D eigenvalue weighted by atomic mass is 10.1. The van der Waals surface area contributed by atoms with Crippen LogP contribution in [0.15, 0.2) is 41.6 Å². The number of carbonyl (C=O) groups is 1. The molecule has 1 fully saturated rings. The van der Waals surface area contributed by atoms with Crippen LogP contribution in [0.2, 0.25) is 0 Å². The molecule has 0 atom stereocenters. The highest BCUT2D eigenvalue weighted by Gasteiger charge is 2.28. The minimum atomic E-state index is -3.63. The van der Waals surface area contributed by atoms with Crippen molar-refractivity contribution < 1.29 is 13.2 Å². The zero-order chi connectivity index (χ0) is 20.8. The number of pyridine rings is 1. The highest BCUT2D eigenvalue weighted by Crippen LogP contribution is 2.24. The fourth-order valence-electron chi connectivity index (χ4n) is 3.09. The lowest BCUT2D eigenvalue weighted by Gasteiger charge is -2.11. The van der Waals surface area contributed by atoms with E-state index in [1.165, 1.54) is 12.1 Å². The van der Waals surface area contributed by atoms with Crippen LogP contribution in [-0.4, -0.2) is 35.1 Å². The third-order valence-corrected chi connectivity index (χ3v) is 6.36. The van der Waals surface area contributed by atoms with Crippen LogP contribution in [0.3, 0.4) is 0 Å². The Balaban J connectivity index is 1.59. The third kappa shape index (κ3) is 4.01. The fourth-order valence-corrected chi connectivity index (χ4v) is 4.42. The predicted molar refractivity (Wildman–Crippen MR) is 110 cm³/mol. The van der Waals surface area contributed by atoms with Crippen LogP contribution in [0, 0.1) is 6.92 Å². The molecule has 3 aromatic rings. The summed E-state index contributed by atoms with van der Waals surface area (Å²) in [6.07, 6.45) is 4.98. The van der Waals surface area contributed by atoms with Crippen LogP contribution in [0.4, 0.5) is 5.69 Å². The number of anilines is 1. The number of amides is 1. The van der Waals surface area contributed by atoms with Gasteiger partial charge in [-0.3, -0.25) is 4.79 Å². The van der Waals surface area contributed by atoms with E-state index in [1.807, 2.05) is 18.5 Å². The highest BCUT2D eigenvalue weighted by molar-refractivity contribution is 7.89. The molecular formula is C20H23N5O3S. The largest absolute Gasteiger partial charge is 0.321 e. The molecule has 1 aromatic carbocycles. The second-order valence-electron chi connectivity index (χ2n) is 7.65. The molecule has 8 nitrogen and oxygen atoms in total. The van der Waals surface area contributed by atoms with Gasteiger partial charge in [-0.15, -0.1) is 0 Å². The molecule has 29 heavy (non-hydrogen) atoms. The van der Waals surface area contributed by atoms with Gasteiger partial charge in [0.15, 0.2) is 5.65 Å². The number of benzene rings is 1. The Bertz CT molecular complexity index is 1200. The molecule has 1 saturated carbocycles. The first kappa shape index (κ1) is 19.5. The number of hydrogen-bond donors (Lipinski definition) is 2. The Hall–Kier alpha value is -2.78. The average molecular weight is 414 g/mol. The van der Waals surface area contributed by atoms with Gasteiger partial charge in [-0.25, -0.2) is 22.8 Å². The molecule has 2 aromatic heterocycles. The van der Waals surface area contributed by atoms with Crippen molar-refractivity contribution in [1.29, 1.82) is 0 Å². The normalized spacial score (nSPS) is 14.5. The second-order valence-corrected chi connectivity index (χ2v) is 9.36. The van der Waals surface area contributed by atoms with Gasteiger partial charge in [0.1, 0.15) is 0 Å². The molecule has 0 unspecified atom stereocenters. The van der Waals surface area contributed by atoms with E-state index in [4.69, 9.17) is 0 Å². The molecule has 2 heterocycles. The Morgan fingerprint density at radius 2 is 1.97 bits per heavy atom. The Morgan fingerprint density at radius 1 is 1.21 bits per heavy atom. The van der Waals surface area contributed by atoms with Crippen molar-refractivity contribution >= 4 is 32.7 Å². The summed E-state index contributed by atoms with van der Waals surface area (Å²) in [5.41, 5.74) is 2.26. The third-order valence-electron chi connectivity index (χ3n) is 4.84. The van der Waals surface area contributed by atoms with E-state index in [2.05, 4.69) is 20.1 Å². The zero-order valence-electron chi connectivity index (χ0n) is 16.5. The topological polar surface area (TPSA) is 106 Å². The van der Waals surface area contributed by atoms with Crippen LogP contribution >= 0.6 is 0 Å². The molecule has 0 bridgehead atoms. The number of carbonyl (C=O) groups excluding carboxylic acids is 1. The van der Waals surface area contributed by atoms with Crippen molar-refractivity contribution in [3.05, 3.63) is 47.8 Å². The molecule has 2 N–H and O–H groups in total. The predicted octanol–water partition coefficient (Wildman–Crippen LogP) is 3.01. The van der Waals surface area contributed by atoms with Crippen LogP contribution in [0.5, 0.6) is 0 Å². The number of nitrogens with zero attached hydrogens (tertiary/aromatic N) is 3. The number of fused-ring (bicyclic) bond motifs is 1. The lowest BCUT2D eigenvalue weighted by Crippen LogP contribution is -2.26. The quantitative estimate of drug-likeness (QED) is 0.646. The molecule has 0 spiro atoms. The van der Waals surface area contributed by atoms with Gasteiger partial charge in [-0.05, 0) is 57.4 Å². The van der Waals surface area contributed by atoms with Crippen LogP contribution in [-0.2, 0) is 10.0 Å². The standard InChI is InChI=1S/C20H23N5O3S/c1-12(2)25-19-14(10-22-25)8-16(11-21-19)23-20(26)18-9-17(7-4-13(18)3)29(27,28)24-15-5-6-15/h4,7-12,15,24H,5-6H2,1-3H3,(H,23,26). The van der Waals surface area contributed by atoms with Crippen LogP contribution < -0.4 is 10.0 Å². The van der Waals surface area contributed by atoms with Crippen LogP contribution in [0.1, 0.15) is 48.7 Å². The monoisotopic (exact) mass is 413 g/mol. The van der Waals surface area contributed by atoms with Crippen molar-refractivity contribution in [2.75, 3.05) is 5.32 Å². The highest BCUT2D eigenvalue weighted by atomic mass is 32.2. The van der Waals surface area contributed by atoms with Crippen molar-refractivity contribution in [3.63, 3.8) is 0 Å². The summed E-state index contributed by atoms with van der Waals surface area (Å²) in [4.78, 5) is 17.3. The molecule has 0 saturated heterocycles. The minimum Gasteiger partial charge on any atom is -0.321 e. The number of nitrogens with one attached hydrogen (secondary N) is 2. The molecule has 9 heteroatoms. The van der Waals surface area contributed by atoms with Gasteiger partial charge in [-0.1, -0.05) is 6.07 Å². The molecule has 0 radical (unpaired) electrons. The van der Waals surface area contributed by atoms with E-state index in [1.54, 1.807) is 31.5 Å². The summed E-state index contributed by atoms with van der Waals surface area (Å²) in [5, 5.41) is 7.95. The van der Waals surface area contributed by atoms with Crippen molar-refractivity contribution in [1.82, 2.24) is 19.5 Å². The first-order valence-electron chi connectivity index (χ1n) is 9.52. The summed E-state index contributed by atoms with van der Waals surface area (Å²) < 4.78 is 29.4. The molecule has 4 rings (SSSR count). The smallest absolute Gasteiger partial charge is 0.256 e. The van der Waals surface area contributed by atoms with E-state index in [0.717, 1.165) is 23.9 Å². The summed E-state index contributed by atoms with van der Waals surface area (Å²) in [6.45, 7) is 5.81. The van der Waals surface area contributed by atoms with E-state index < -0.39 is 10.0 Å². The lowest BCUT2D eigenvalue weighted by molar-refractivity contribution is 0.102. The summed E-state index contributed by atoms with van der Waals surface area (Å²) in [7, 11) is -3.63. The van der Waals surface area contributed by atoms with Gasteiger partial charge < -0.3 is 5.32 Å². The molecule has 0 aliphatic heterocycles. The molecule has 1 aliphatic carbocycles. The minimum absolute atomic E-state index is 0.00290. The van der Waals surface area contributed by atoms with Crippen molar-refractivity contribution in [3.8, 4) is 0 Å². The second kappa shape index (κ2) is 7.23. The first-order chi connectivity index (χ1) is 13.7. The number of hydrogen-bond acceptors (Lipinski definition) is 5. The SMILES string of the molecule is Cc1ccc(S(=O)(=O)NC2CC2)cc1C(=O)Nc1cnc2c(cnn2C(C)C)c1. The number of rotatable bonds is 6. The number of aromatic nitrogens is 3. The summed E-state index contributed by atoms with van der Waals surface area (Å²) >= 11 is 0. The maximum Gasteiger partial charge on any atom is 0.256 e. The summed E-state index contributed by atoms with van der Waals surface area (Å²) in [6, 6.07) is 6.56. The van der Waals surface area contributed by atoms with Crippen molar-refractivity contribution in [2.24, 2.45) is 0 Å². The van der Waals surface area contributed by atoms with E-state index in [9.17, 15) is 13.2 Å². The van der Waals surface area contributed by atoms with Gasteiger partial charge in [0.05, 0.1) is 23.0 Å². The van der Waals surface area contributed by atoms with Gasteiger partial charge in [0, 0.05) is 23.0 Å².